The summed E-state index contributed by atoms with van der Waals surface area (Å²) in [5, 5.41) is 0. The third kappa shape index (κ3) is 2.46. The molecule has 1 saturated heterocycles. The maximum Gasteiger partial charge on any atom is 0.420 e. The van der Waals surface area contributed by atoms with Gasteiger partial charge in [0.1, 0.15) is 11.0 Å². The van der Waals surface area contributed by atoms with E-state index in [1.54, 1.807) is 0 Å². The van der Waals surface area contributed by atoms with Gasteiger partial charge in [0.15, 0.2) is 0 Å². The van der Waals surface area contributed by atoms with E-state index in [-0.39, 0.29) is 5.41 Å². The highest BCUT2D eigenvalue weighted by Crippen LogP contribution is 2.57. The van der Waals surface area contributed by atoms with Gasteiger partial charge in [-0.1, -0.05) is 26.0 Å². The molecular weight excluding hydrogens is 249 g/mol. The molecule has 0 radical (unpaired) electrons. The molecule has 0 aliphatic carbocycles. The van der Waals surface area contributed by atoms with Crippen LogP contribution in [0.3, 0.4) is 0 Å². The quantitative estimate of drug-likeness (QED) is 0.535. The summed E-state index contributed by atoms with van der Waals surface area (Å²) in [7, 11) is -4.65. The zero-order valence-electron chi connectivity index (χ0n) is 9.42. The van der Waals surface area contributed by atoms with Gasteiger partial charge in [0.2, 0.25) is 0 Å². The second kappa shape index (κ2) is 4.35. The molecule has 0 spiro atoms. The van der Waals surface area contributed by atoms with E-state index in [1.165, 1.54) is 4.08 Å². The van der Waals surface area contributed by atoms with Crippen LogP contribution in [0, 0.1) is 5.41 Å². The van der Waals surface area contributed by atoms with Crippen LogP contribution in [0.2, 0.25) is 0 Å². The van der Waals surface area contributed by atoms with Crippen molar-refractivity contribution in [1.82, 2.24) is 4.08 Å². The molecule has 0 N–H and O–H groups in total. The molecule has 0 aromatic heterocycles. The molecule has 5 nitrogen and oxygen atoms in total. The lowest BCUT2D eigenvalue weighted by Gasteiger charge is -2.38. The van der Waals surface area contributed by atoms with E-state index in [9.17, 15) is 8.77 Å². The van der Waals surface area contributed by atoms with Crippen molar-refractivity contribution in [3.05, 3.63) is 12.2 Å². The van der Waals surface area contributed by atoms with Gasteiger partial charge in [0.05, 0.1) is 19.0 Å². The molecule has 0 aromatic carbocycles. The van der Waals surface area contributed by atoms with E-state index < -0.39 is 18.7 Å². The van der Waals surface area contributed by atoms with Crippen LogP contribution in [0.4, 0.5) is 0 Å². The maximum atomic E-state index is 12.3. The average molecular weight is 265 g/mol. The highest BCUT2D eigenvalue weighted by Gasteiger charge is 2.44. The largest absolute Gasteiger partial charge is 0.420 e. The van der Waals surface area contributed by atoms with Crippen molar-refractivity contribution in [3.63, 3.8) is 0 Å². The van der Waals surface area contributed by atoms with Crippen LogP contribution in [0.1, 0.15) is 13.8 Å². The van der Waals surface area contributed by atoms with Gasteiger partial charge in [0.25, 0.3) is 0 Å². The predicted molar refractivity (Wildman–Crippen MR) is 62.1 cm³/mol. The fourth-order valence-electron chi connectivity index (χ4n) is 1.42. The van der Waals surface area contributed by atoms with Crippen molar-refractivity contribution in [2.75, 3.05) is 25.5 Å². The topological polar surface area (TPSA) is 55.8 Å². The van der Waals surface area contributed by atoms with Crippen molar-refractivity contribution in [3.8, 4) is 0 Å². The number of rotatable bonds is 1. The monoisotopic (exact) mass is 265 g/mol. The molecule has 1 unspecified atom stereocenters. The first kappa shape index (κ1) is 12.5. The average Bonchev–Trinajstić information content (AvgIpc) is 2.24. The minimum Gasteiger partial charge on any atom is -0.295 e. The lowest BCUT2D eigenvalue weighted by Crippen LogP contribution is -2.37. The third-order valence-corrected chi connectivity index (χ3v) is 6.28. The summed E-state index contributed by atoms with van der Waals surface area (Å²) in [5.74, 6) is 0.375. The summed E-state index contributed by atoms with van der Waals surface area (Å²) in [6, 6.07) is 0. The Morgan fingerprint density at radius 2 is 1.94 bits per heavy atom. The zero-order valence-corrected chi connectivity index (χ0v) is 11.1. The van der Waals surface area contributed by atoms with E-state index in [4.69, 9.17) is 9.05 Å². The molecule has 7 heteroatoms. The second-order valence-corrected chi connectivity index (χ2v) is 8.30. The fourth-order valence-corrected chi connectivity index (χ4v) is 5.17. The molecule has 1 atom stereocenters. The van der Waals surface area contributed by atoms with E-state index >= 15 is 0 Å². The number of nitrogens with zero attached hydrogens (tertiary/aromatic N) is 1. The minimum atomic E-state index is -3.34. The number of hydrogen-bond acceptors (Lipinski definition) is 4. The molecule has 2 rings (SSSR count). The molecular formula is C9H16NO4PS. The Morgan fingerprint density at radius 1 is 1.31 bits per heavy atom. The molecule has 2 aliphatic heterocycles. The van der Waals surface area contributed by atoms with Gasteiger partial charge in [0, 0.05) is 12.0 Å². The Hall–Kier alpha value is -0.0000000000000000486. The predicted octanol–water partition coefficient (Wildman–Crippen LogP) is 1.70. The van der Waals surface area contributed by atoms with Crippen LogP contribution >= 0.6 is 7.75 Å². The summed E-state index contributed by atoms with van der Waals surface area (Å²) in [5.41, 5.74) is -0.138. The van der Waals surface area contributed by atoms with Gasteiger partial charge in [-0.3, -0.25) is 9.05 Å². The first-order valence-corrected chi connectivity index (χ1v) is 7.91. The van der Waals surface area contributed by atoms with Crippen LogP contribution < -0.4 is 0 Å². The SMILES string of the molecule is CC1(C)COP(=O)(N2CC=CCS2=O)OC1. The van der Waals surface area contributed by atoms with Gasteiger partial charge < -0.3 is 0 Å². The molecule has 0 bridgehead atoms. The van der Waals surface area contributed by atoms with Crippen LogP contribution in [-0.2, 0) is 24.6 Å². The first-order chi connectivity index (χ1) is 7.43. The van der Waals surface area contributed by atoms with E-state index in [0.717, 1.165) is 0 Å². The molecule has 2 aliphatic rings. The lowest BCUT2D eigenvalue weighted by molar-refractivity contribution is 0.0302. The van der Waals surface area contributed by atoms with Gasteiger partial charge >= 0.3 is 7.75 Å². The Morgan fingerprint density at radius 3 is 2.50 bits per heavy atom. The van der Waals surface area contributed by atoms with Gasteiger partial charge in [-0.2, -0.15) is 0 Å². The Balaban J connectivity index is 2.12. The maximum absolute atomic E-state index is 12.3. The van der Waals surface area contributed by atoms with Crippen LogP contribution in [0.15, 0.2) is 12.2 Å². The van der Waals surface area contributed by atoms with Crippen molar-refractivity contribution >= 4 is 18.7 Å². The molecule has 1 fully saturated rings. The van der Waals surface area contributed by atoms with Gasteiger partial charge in [-0.15, -0.1) is 4.08 Å². The lowest BCUT2D eigenvalue weighted by atomic mass is 9.97. The summed E-state index contributed by atoms with van der Waals surface area (Å²) < 4.78 is 36.0. The Kier molecular flexibility index (Phi) is 3.39. The first-order valence-electron chi connectivity index (χ1n) is 5.14. The van der Waals surface area contributed by atoms with Crippen LogP contribution in [-0.4, -0.2) is 33.8 Å². The minimum absolute atomic E-state index is 0.138. The van der Waals surface area contributed by atoms with Crippen molar-refractivity contribution in [2.45, 2.75) is 13.8 Å². The van der Waals surface area contributed by atoms with Gasteiger partial charge in [-0.05, 0) is 0 Å². The fraction of sp³-hybridized carbons (Fsp3) is 0.778. The smallest absolute Gasteiger partial charge is 0.295 e. The summed E-state index contributed by atoms with van der Waals surface area (Å²) in [6.07, 6.45) is 3.64. The Labute approximate surface area is 98.0 Å². The molecule has 92 valence electrons. The van der Waals surface area contributed by atoms with E-state index in [0.29, 0.717) is 25.5 Å². The van der Waals surface area contributed by atoms with Crippen LogP contribution in [0.5, 0.6) is 0 Å². The van der Waals surface area contributed by atoms with Gasteiger partial charge in [-0.25, -0.2) is 8.77 Å². The standard InChI is InChI=1S/C9H16NO4PS/c1-9(2)7-13-15(11,14-8-9)10-5-3-4-6-16(10)12/h3-4H,5-8H2,1-2H3. The highest BCUT2D eigenvalue weighted by atomic mass is 32.2. The van der Waals surface area contributed by atoms with Crippen molar-refractivity contribution < 1.29 is 17.8 Å². The normalized spacial score (nSPS) is 33.8. The van der Waals surface area contributed by atoms with E-state index in [1.807, 2.05) is 26.0 Å². The molecule has 16 heavy (non-hydrogen) atoms. The zero-order chi connectivity index (χ0) is 11.8. The third-order valence-electron chi connectivity index (χ3n) is 2.41. The molecule has 0 aromatic rings. The summed E-state index contributed by atoms with van der Waals surface area (Å²) >= 11 is 0. The molecule has 0 amide bonds. The summed E-state index contributed by atoms with van der Waals surface area (Å²) in [4.78, 5) is 0. The molecule has 2 heterocycles. The van der Waals surface area contributed by atoms with Crippen molar-refractivity contribution in [1.29, 1.82) is 0 Å². The number of hydrogen-bond donors (Lipinski definition) is 0. The molecule has 0 saturated carbocycles. The highest BCUT2D eigenvalue weighted by molar-refractivity contribution is 7.88. The van der Waals surface area contributed by atoms with Crippen molar-refractivity contribution in [2.24, 2.45) is 5.41 Å². The van der Waals surface area contributed by atoms with E-state index in [2.05, 4.69) is 0 Å². The van der Waals surface area contributed by atoms with Crippen LogP contribution in [0.25, 0.3) is 0 Å². The summed E-state index contributed by atoms with van der Waals surface area (Å²) in [6.45, 7) is 5.03. The Bertz CT molecular complexity index is 368. The second-order valence-electron chi connectivity index (χ2n) is 4.67.